The maximum Gasteiger partial charge on any atom is 0.316 e. The van der Waals surface area contributed by atoms with Crippen LogP contribution in [0.3, 0.4) is 0 Å². The molecule has 3 rings (SSSR count). The monoisotopic (exact) mass is 339 g/mol. The highest BCUT2D eigenvalue weighted by molar-refractivity contribution is 6.13. The third-order valence-corrected chi connectivity index (χ3v) is 3.69. The number of carbonyl (C=O) groups is 2. The van der Waals surface area contributed by atoms with E-state index in [9.17, 15) is 9.59 Å². The number of carbonyl (C=O) groups excluding carboxylic acids is 2. The smallest absolute Gasteiger partial charge is 0.316 e. The van der Waals surface area contributed by atoms with E-state index < -0.39 is 6.03 Å². The Bertz CT molecular complexity index is 962. The molecule has 0 saturated carbocycles. The second-order valence-electron chi connectivity index (χ2n) is 5.42. The Morgan fingerprint density at radius 2 is 1.80 bits per heavy atom. The Morgan fingerprint density at radius 1 is 1.08 bits per heavy atom. The summed E-state index contributed by atoms with van der Waals surface area (Å²) in [6.45, 7) is 1.73. The summed E-state index contributed by atoms with van der Waals surface area (Å²) in [5.74, 6) is 0.822. The molecule has 0 spiro atoms. The first kappa shape index (κ1) is 16.4. The summed E-state index contributed by atoms with van der Waals surface area (Å²) in [6, 6.07) is 11.3. The average Bonchev–Trinajstić information content (AvgIpc) is 2.89. The lowest BCUT2D eigenvalue weighted by atomic mass is 10.1. The maximum absolute atomic E-state index is 12.7. The van der Waals surface area contributed by atoms with Crippen LogP contribution < -0.4 is 21.1 Å². The highest BCUT2D eigenvalue weighted by Crippen LogP contribution is 2.29. The van der Waals surface area contributed by atoms with E-state index in [1.165, 1.54) is 0 Å². The van der Waals surface area contributed by atoms with Gasteiger partial charge in [0.25, 0.3) is 5.91 Å². The van der Waals surface area contributed by atoms with Crippen molar-refractivity contribution in [1.82, 2.24) is 0 Å². The quantitative estimate of drug-likeness (QED) is 0.676. The van der Waals surface area contributed by atoms with Gasteiger partial charge in [0.15, 0.2) is 0 Å². The summed E-state index contributed by atoms with van der Waals surface area (Å²) in [5, 5.41) is 5.93. The minimum atomic E-state index is -0.674. The summed E-state index contributed by atoms with van der Waals surface area (Å²) in [6.07, 6.45) is 0. The van der Waals surface area contributed by atoms with Gasteiger partial charge in [-0.2, -0.15) is 0 Å². The molecule has 4 N–H and O–H groups in total. The lowest BCUT2D eigenvalue weighted by Crippen LogP contribution is -2.19. The minimum Gasteiger partial charge on any atom is -0.497 e. The molecule has 1 heterocycles. The zero-order valence-corrected chi connectivity index (χ0v) is 13.8. The van der Waals surface area contributed by atoms with Crippen LogP contribution in [0.5, 0.6) is 5.75 Å². The molecule has 0 saturated heterocycles. The van der Waals surface area contributed by atoms with E-state index >= 15 is 0 Å². The SMILES string of the molecule is COc1ccc2oc(C)c(C(=O)Nc3cccc(NC(N)=O)c3)c2c1. The van der Waals surface area contributed by atoms with Gasteiger partial charge in [-0.15, -0.1) is 0 Å². The van der Waals surface area contributed by atoms with Gasteiger partial charge in [0, 0.05) is 16.8 Å². The molecule has 0 unspecified atom stereocenters. The van der Waals surface area contributed by atoms with Crippen molar-refractivity contribution in [3.8, 4) is 5.75 Å². The number of nitrogens with two attached hydrogens (primary N) is 1. The van der Waals surface area contributed by atoms with Gasteiger partial charge in [0.1, 0.15) is 17.1 Å². The summed E-state index contributed by atoms with van der Waals surface area (Å²) in [5.41, 5.74) is 7.15. The Morgan fingerprint density at radius 3 is 2.48 bits per heavy atom. The van der Waals surface area contributed by atoms with Gasteiger partial charge in [0.05, 0.1) is 12.7 Å². The van der Waals surface area contributed by atoms with E-state index in [0.29, 0.717) is 39.4 Å². The molecule has 0 atom stereocenters. The minimum absolute atomic E-state index is 0.319. The number of hydrogen-bond donors (Lipinski definition) is 3. The number of rotatable bonds is 4. The van der Waals surface area contributed by atoms with E-state index in [1.54, 1.807) is 56.5 Å². The lowest BCUT2D eigenvalue weighted by Gasteiger charge is -2.08. The van der Waals surface area contributed by atoms with Gasteiger partial charge in [0.2, 0.25) is 0 Å². The number of aryl methyl sites for hydroxylation is 1. The van der Waals surface area contributed by atoms with Crippen LogP contribution >= 0.6 is 0 Å². The molecule has 25 heavy (non-hydrogen) atoms. The standard InChI is InChI=1S/C18H17N3O4/c1-10-16(14-9-13(24-2)6-7-15(14)25-10)17(22)20-11-4-3-5-12(8-11)21-18(19)23/h3-9H,1-2H3,(H,20,22)(H3,19,21,23). The number of amides is 3. The van der Waals surface area contributed by atoms with Gasteiger partial charge in [-0.3, -0.25) is 4.79 Å². The summed E-state index contributed by atoms with van der Waals surface area (Å²) in [7, 11) is 1.56. The second kappa shape index (κ2) is 6.56. The Hall–Kier alpha value is -3.48. The highest BCUT2D eigenvalue weighted by Gasteiger charge is 2.19. The number of nitrogens with one attached hydrogen (secondary N) is 2. The van der Waals surface area contributed by atoms with Crippen molar-refractivity contribution < 1.29 is 18.7 Å². The van der Waals surface area contributed by atoms with Gasteiger partial charge >= 0.3 is 6.03 Å². The van der Waals surface area contributed by atoms with Crippen LogP contribution in [0.2, 0.25) is 0 Å². The number of urea groups is 1. The highest BCUT2D eigenvalue weighted by atomic mass is 16.5. The Labute approximate surface area is 143 Å². The van der Waals surface area contributed by atoms with Crippen LogP contribution in [0.25, 0.3) is 11.0 Å². The number of benzene rings is 2. The third kappa shape index (κ3) is 3.40. The number of primary amides is 1. The van der Waals surface area contributed by atoms with Crippen molar-refractivity contribution in [3.05, 3.63) is 53.8 Å². The van der Waals surface area contributed by atoms with Crippen LogP contribution in [0, 0.1) is 6.92 Å². The molecule has 7 heteroatoms. The molecule has 0 fully saturated rings. The van der Waals surface area contributed by atoms with E-state index in [-0.39, 0.29) is 5.91 Å². The summed E-state index contributed by atoms with van der Waals surface area (Å²) < 4.78 is 10.9. The molecule has 0 bridgehead atoms. The first-order valence-corrected chi connectivity index (χ1v) is 7.53. The molecule has 0 aliphatic carbocycles. The largest absolute Gasteiger partial charge is 0.497 e. The van der Waals surface area contributed by atoms with E-state index in [4.69, 9.17) is 14.9 Å². The number of anilines is 2. The lowest BCUT2D eigenvalue weighted by molar-refractivity contribution is 0.102. The molecular formula is C18H17N3O4. The second-order valence-corrected chi connectivity index (χ2v) is 5.42. The number of methoxy groups -OCH3 is 1. The van der Waals surface area contributed by atoms with Crippen LogP contribution in [0.4, 0.5) is 16.2 Å². The number of ether oxygens (including phenoxy) is 1. The van der Waals surface area contributed by atoms with Crippen LogP contribution in [-0.4, -0.2) is 19.0 Å². The molecule has 2 aromatic carbocycles. The van der Waals surface area contributed by atoms with E-state index in [0.717, 1.165) is 0 Å². The van der Waals surface area contributed by atoms with Crippen molar-refractivity contribution in [2.75, 3.05) is 17.7 Å². The van der Waals surface area contributed by atoms with Gasteiger partial charge in [-0.1, -0.05) is 6.07 Å². The van der Waals surface area contributed by atoms with Crippen LogP contribution in [-0.2, 0) is 0 Å². The fourth-order valence-electron chi connectivity index (χ4n) is 2.62. The zero-order chi connectivity index (χ0) is 18.0. The van der Waals surface area contributed by atoms with Gasteiger partial charge < -0.3 is 25.5 Å². The van der Waals surface area contributed by atoms with E-state index in [1.807, 2.05) is 0 Å². The Kier molecular flexibility index (Phi) is 4.30. The number of fused-ring (bicyclic) bond motifs is 1. The number of hydrogen-bond acceptors (Lipinski definition) is 4. The summed E-state index contributed by atoms with van der Waals surface area (Å²) >= 11 is 0. The topological polar surface area (TPSA) is 107 Å². The fraction of sp³-hybridized carbons (Fsp3) is 0.111. The third-order valence-electron chi connectivity index (χ3n) is 3.69. The van der Waals surface area contributed by atoms with Crippen molar-refractivity contribution >= 4 is 34.3 Å². The normalized spacial score (nSPS) is 10.5. The van der Waals surface area contributed by atoms with Crippen molar-refractivity contribution in [2.24, 2.45) is 5.73 Å². The molecule has 128 valence electrons. The van der Waals surface area contributed by atoms with Gasteiger partial charge in [-0.05, 0) is 43.3 Å². The van der Waals surface area contributed by atoms with Crippen molar-refractivity contribution in [3.63, 3.8) is 0 Å². The van der Waals surface area contributed by atoms with Gasteiger partial charge in [-0.25, -0.2) is 4.79 Å². The maximum atomic E-state index is 12.7. The van der Waals surface area contributed by atoms with Crippen molar-refractivity contribution in [2.45, 2.75) is 6.92 Å². The molecule has 0 aliphatic heterocycles. The predicted octanol–water partition coefficient (Wildman–Crippen LogP) is 3.49. The molecule has 3 amide bonds. The fourth-order valence-corrected chi connectivity index (χ4v) is 2.62. The Balaban J connectivity index is 1.92. The molecule has 0 aliphatic rings. The van der Waals surface area contributed by atoms with E-state index in [2.05, 4.69) is 10.6 Å². The molecule has 7 nitrogen and oxygen atoms in total. The molecule has 1 aromatic heterocycles. The first-order valence-electron chi connectivity index (χ1n) is 7.53. The summed E-state index contributed by atoms with van der Waals surface area (Å²) in [4.78, 5) is 23.7. The van der Waals surface area contributed by atoms with Crippen molar-refractivity contribution in [1.29, 1.82) is 0 Å². The number of furan rings is 1. The molecule has 0 radical (unpaired) electrons. The predicted molar refractivity (Wildman–Crippen MR) is 95.1 cm³/mol. The first-order chi connectivity index (χ1) is 12.0. The van der Waals surface area contributed by atoms with Crippen LogP contribution in [0.1, 0.15) is 16.1 Å². The zero-order valence-electron chi connectivity index (χ0n) is 13.8. The average molecular weight is 339 g/mol. The molecular weight excluding hydrogens is 322 g/mol. The molecule has 3 aromatic rings. The van der Waals surface area contributed by atoms with Crippen LogP contribution in [0.15, 0.2) is 46.9 Å².